The number of aryl methyl sites for hydroxylation is 1. The van der Waals surface area contributed by atoms with Crippen LogP contribution in [0.1, 0.15) is 16.9 Å². The Kier molecular flexibility index (Phi) is 5.00. The quantitative estimate of drug-likeness (QED) is 0.804. The van der Waals surface area contributed by atoms with E-state index in [1.54, 1.807) is 11.3 Å². The monoisotopic (exact) mass is 302 g/mol. The van der Waals surface area contributed by atoms with Gasteiger partial charge in [0.1, 0.15) is 0 Å². The maximum absolute atomic E-state index is 11.4. The first-order valence-electron chi connectivity index (χ1n) is 6.62. The number of hydrogen-bond acceptors (Lipinski definition) is 5. The van der Waals surface area contributed by atoms with Crippen LogP contribution in [0.3, 0.4) is 0 Å². The van der Waals surface area contributed by atoms with Gasteiger partial charge in [0.25, 0.3) is 0 Å². The summed E-state index contributed by atoms with van der Waals surface area (Å²) in [6.45, 7) is 4.82. The summed E-state index contributed by atoms with van der Waals surface area (Å²) in [5.74, 6) is 0.678. The van der Waals surface area contributed by atoms with Crippen molar-refractivity contribution in [3.63, 3.8) is 0 Å². The summed E-state index contributed by atoms with van der Waals surface area (Å²) in [4.78, 5) is 3.55. The Hall–Kier alpha value is -0.430. The van der Waals surface area contributed by atoms with E-state index in [0.29, 0.717) is 11.5 Å². The molecule has 1 N–H and O–H groups in total. The highest BCUT2D eigenvalue weighted by Crippen LogP contribution is 2.16. The van der Waals surface area contributed by atoms with Crippen molar-refractivity contribution in [2.24, 2.45) is 0 Å². The van der Waals surface area contributed by atoms with E-state index in [2.05, 4.69) is 28.6 Å². The number of nitrogens with zero attached hydrogens (tertiary/aromatic N) is 1. The van der Waals surface area contributed by atoms with Crippen LogP contribution in [-0.2, 0) is 16.4 Å². The smallest absolute Gasteiger partial charge is 0.151 e. The largest absolute Gasteiger partial charge is 0.311 e. The van der Waals surface area contributed by atoms with Gasteiger partial charge in [-0.3, -0.25) is 0 Å². The maximum Gasteiger partial charge on any atom is 0.151 e. The van der Waals surface area contributed by atoms with Crippen molar-refractivity contribution in [3.05, 3.63) is 21.9 Å². The van der Waals surface area contributed by atoms with Gasteiger partial charge in [0.05, 0.1) is 11.5 Å². The van der Waals surface area contributed by atoms with Crippen LogP contribution < -0.4 is 5.32 Å². The zero-order chi connectivity index (χ0) is 13.9. The van der Waals surface area contributed by atoms with Crippen molar-refractivity contribution in [1.82, 2.24) is 10.2 Å². The molecule has 0 aliphatic carbocycles. The topological polar surface area (TPSA) is 49.4 Å². The van der Waals surface area contributed by atoms with Crippen molar-refractivity contribution in [1.29, 1.82) is 0 Å². The summed E-state index contributed by atoms with van der Waals surface area (Å²) in [5.41, 5.74) is 1.34. The minimum atomic E-state index is -2.77. The van der Waals surface area contributed by atoms with Gasteiger partial charge in [-0.15, -0.1) is 11.3 Å². The highest BCUT2D eigenvalue weighted by Gasteiger charge is 2.30. The molecule has 0 saturated carbocycles. The third kappa shape index (κ3) is 4.27. The number of likely N-dealkylation sites (N-methyl/N-ethyl adjacent to an activating group) is 1. The molecule has 1 saturated heterocycles. The van der Waals surface area contributed by atoms with Gasteiger partial charge >= 0.3 is 0 Å². The Morgan fingerprint density at radius 2 is 2.32 bits per heavy atom. The van der Waals surface area contributed by atoms with E-state index in [0.717, 1.165) is 26.1 Å². The zero-order valence-corrected chi connectivity index (χ0v) is 13.2. The lowest BCUT2D eigenvalue weighted by Crippen LogP contribution is -2.37. The van der Waals surface area contributed by atoms with E-state index in [1.807, 2.05) is 7.05 Å². The number of rotatable bonds is 6. The molecule has 1 aromatic rings. The van der Waals surface area contributed by atoms with E-state index < -0.39 is 9.84 Å². The molecular formula is C13H22N2O2S2. The summed E-state index contributed by atoms with van der Waals surface area (Å²) in [5, 5.41) is 5.54. The molecule has 0 amide bonds. The van der Waals surface area contributed by atoms with Gasteiger partial charge in [0.2, 0.25) is 0 Å². The molecule has 0 aromatic carbocycles. The van der Waals surface area contributed by atoms with E-state index >= 15 is 0 Å². The van der Waals surface area contributed by atoms with Crippen molar-refractivity contribution >= 4 is 21.2 Å². The zero-order valence-electron chi connectivity index (χ0n) is 11.6. The summed E-state index contributed by atoms with van der Waals surface area (Å²) in [6, 6.07) is 2.34. The van der Waals surface area contributed by atoms with E-state index in [9.17, 15) is 8.42 Å². The lowest BCUT2D eigenvalue weighted by atomic mass is 10.2. The van der Waals surface area contributed by atoms with E-state index in [4.69, 9.17) is 0 Å². The third-order valence-electron chi connectivity index (χ3n) is 3.73. The van der Waals surface area contributed by atoms with Gasteiger partial charge in [0, 0.05) is 30.6 Å². The van der Waals surface area contributed by atoms with Crippen LogP contribution in [0, 0.1) is 6.92 Å². The molecule has 6 heteroatoms. The highest BCUT2D eigenvalue weighted by molar-refractivity contribution is 7.91. The predicted octanol–water partition coefficient (Wildman–Crippen LogP) is 1.27. The highest BCUT2D eigenvalue weighted by atomic mass is 32.2. The second kappa shape index (κ2) is 6.35. The normalized spacial score (nSPS) is 22.2. The molecule has 19 heavy (non-hydrogen) atoms. The Morgan fingerprint density at radius 3 is 2.89 bits per heavy atom. The van der Waals surface area contributed by atoms with Crippen LogP contribution in [0.5, 0.6) is 0 Å². The molecule has 0 spiro atoms. The minimum absolute atomic E-state index is 0.204. The van der Waals surface area contributed by atoms with Gasteiger partial charge in [-0.25, -0.2) is 8.42 Å². The van der Waals surface area contributed by atoms with Crippen molar-refractivity contribution in [3.8, 4) is 0 Å². The number of nitrogens with one attached hydrogen (secondary N) is 1. The fourth-order valence-electron chi connectivity index (χ4n) is 2.35. The van der Waals surface area contributed by atoms with Crippen LogP contribution in [0.25, 0.3) is 0 Å². The molecule has 1 unspecified atom stereocenters. The predicted molar refractivity (Wildman–Crippen MR) is 80.5 cm³/mol. The average Bonchev–Trinajstić information content (AvgIpc) is 2.91. The lowest BCUT2D eigenvalue weighted by Gasteiger charge is -2.23. The molecule has 0 radical (unpaired) electrons. The Balaban J connectivity index is 1.67. The molecule has 2 heterocycles. The Labute approximate surface area is 119 Å². The molecule has 4 nitrogen and oxygen atoms in total. The maximum atomic E-state index is 11.4. The standard InChI is InChI=1S/C13H22N2O2S2/c1-11-3-7-18-13(11)9-14-5-6-15(2)12-4-8-19(16,17)10-12/h3,7,12,14H,4-6,8-10H2,1-2H3. The number of thiophene rings is 1. The van der Waals surface area contributed by atoms with Crippen molar-refractivity contribution in [2.45, 2.75) is 25.9 Å². The van der Waals surface area contributed by atoms with Gasteiger partial charge in [-0.2, -0.15) is 0 Å². The van der Waals surface area contributed by atoms with Crippen LogP contribution in [0.2, 0.25) is 0 Å². The van der Waals surface area contributed by atoms with Crippen LogP contribution >= 0.6 is 11.3 Å². The fourth-order valence-corrected chi connectivity index (χ4v) is 5.03. The summed E-state index contributed by atoms with van der Waals surface area (Å²) >= 11 is 1.78. The molecule has 1 aliphatic rings. The first-order chi connectivity index (χ1) is 8.98. The average molecular weight is 302 g/mol. The Bertz CT molecular complexity index is 510. The number of hydrogen-bond donors (Lipinski definition) is 1. The number of sulfone groups is 1. The summed E-state index contributed by atoms with van der Waals surface area (Å²) < 4.78 is 22.9. The minimum Gasteiger partial charge on any atom is -0.311 e. The van der Waals surface area contributed by atoms with Crippen LogP contribution in [-0.4, -0.2) is 51.0 Å². The van der Waals surface area contributed by atoms with E-state index in [-0.39, 0.29) is 6.04 Å². The fraction of sp³-hybridized carbons (Fsp3) is 0.692. The van der Waals surface area contributed by atoms with Crippen LogP contribution in [0.4, 0.5) is 0 Å². The van der Waals surface area contributed by atoms with Crippen LogP contribution in [0.15, 0.2) is 11.4 Å². The summed E-state index contributed by atoms with van der Waals surface area (Å²) in [6.07, 6.45) is 0.781. The van der Waals surface area contributed by atoms with Gasteiger partial charge in [-0.05, 0) is 37.4 Å². The molecule has 108 valence electrons. The summed E-state index contributed by atoms with van der Waals surface area (Å²) in [7, 11) is -0.755. The Morgan fingerprint density at radius 1 is 1.53 bits per heavy atom. The molecule has 1 aromatic heterocycles. The van der Waals surface area contributed by atoms with E-state index in [1.165, 1.54) is 10.4 Å². The third-order valence-corrected chi connectivity index (χ3v) is 6.50. The molecule has 1 aliphatic heterocycles. The van der Waals surface area contributed by atoms with Gasteiger partial charge in [0.15, 0.2) is 9.84 Å². The molecular weight excluding hydrogens is 280 g/mol. The van der Waals surface area contributed by atoms with Crippen molar-refractivity contribution < 1.29 is 8.42 Å². The van der Waals surface area contributed by atoms with Crippen molar-refractivity contribution in [2.75, 3.05) is 31.6 Å². The van der Waals surface area contributed by atoms with Gasteiger partial charge in [-0.1, -0.05) is 0 Å². The second-order valence-corrected chi connectivity index (χ2v) is 8.47. The molecule has 1 fully saturated rings. The van der Waals surface area contributed by atoms with Gasteiger partial charge < -0.3 is 10.2 Å². The molecule has 0 bridgehead atoms. The SMILES string of the molecule is Cc1ccsc1CNCCN(C)C1CCS(=O)(=O)C1. The first kappa shape index (κ1) is 15.0. The first-order valence-corrected chi connectivity index (χ1v) is 9.32. The lowest BCUT2D eigenvalue weighted by molar-refractivity contribution is 0.261. The second-order valence-electron chi connectivity index (χ2n) is 5.24. The molecule has 1 atom stereocenters. The molecule has 2 rings (SSSR count).